The Kier molecular flexibility index (Phi) is 7.54. The first-order valence-corrected chi connectivity index (χ1v) is 7.19. The summed E-state index contributed by atoms with van der Waals surface area (Å²) in [7, 11) is 3.00. The van der Waals surface area contributed by atoms with Gasteiger partial charge in [0.05, 0.1) is 26.2 Å². The van der Waals surface area contributed by atoms with E-state index in [-0.39, 0.29) is 24.0 Å². The maximum absolute atomic E-state index is 12.1. The molecule has 6 heteroatoms. The van der Waals surface area contributed by atoms with Crippen molar-refractivity contribution < 1.29 is 19.1 Å². The highest BCUT2D eigenvalue weighted by Gasteiger charge is 2.31. The van der Waals surface area contributed by atoms with Crippen molar-refractivity contribution in [1.82, 2.24) is 10.2 Å². The zero-order chi connectivity index (χ0) is 15.0. The lowest BCUT2D eigenvalue weighted by atomic mass is 9.97. The number of nitrogens with zero attached hydrogens (tertiary/aromatic N) is 1. The Hall–Kier alpha value is -1.14. The van der Waals surface area contributed by atoms with Crippen molar-refractivity contribution in [2.24, 2.45) is 0 Å². The minimum atomic E-state index is -0.234. The Bertz CT molecular complexity index is 322. The van der Waals surface area contributed by atoms with Crippen molar-refractivity contribution in [3.63, 3.8) is 0 Å². The Balaban J connectivity index is 2.54. The molecule has 1 saturated heterocycles. The molecule has 0 aromatic carbocycles. The maximum Gasteiger partial charge on any atom is 0.307 e. The third-order valence-corrected chi connectivity index (χ3v) is 3.78. The van der Waals surface area contributed by atoms with E-state index >= 15 is 0 Å². The highest BCUT2D eigenvalue weighted by atomic mass is 16.5. The van der Waals surface area contributed by atoms with E-state index in [2.05, 4.69) is 10.2 Å². The van der Waals surface area contributed by atoms with Gasteiger partial charge in [-0.1, -0.05) is 6.42 Å². The van der Waals surface area contributed by atoms with Gasteiger partial charge in [0.15, 0.2) is 0 Å². The number of carbonyl (C=O) groups excluding carboxylic acids is 2. The number of hydrogen-bond donors (Lipinski definition) is 1. The van der Waals surface area contributed by atoms with E-state index in [4.69, 9.17) is 9.47 Å². The average Bonchev–Trinajstić information content (AvgIpc) is 2.47. The monoisotopic (exact) mass is 286 g/mol. The Morgan fingerprint density at radius 1 is 1.35 bits per heavy atom. The van der Waals surface area contributed by atoms with E-state index in [1.807, 2.05) is 6.92 Å². The van der Waals surface area contributed by atoms with Gasteiger partial charge < -0.3 is 14.8 Å². The number of rotatable bonds is 7. The molecule has 1 N–H and O–H groups in total. The van der Waals surface area contributed by atoms with E-state index in [0.717, 1.165) is 25.8 Å². The second kappa shape index (κ2) is 8.92. The van der Waals surface area contributed by atoms with Gasteiger partial charge in [-0.15, -0.1) is 0 Å². The number of esters is 1. The Morgan fingerprint density at radius 2 is 2.10 bits per heavy atom. The normalized spacial score (nSPS) is 21.2. The van der Waals surface area contributed by atoms with E-state index in [9.17, 15) is 9.59 Å². The van der Waals surface area contributed by atoms with Crippen LogP contribution in [0.2, 0.25) is 0 Å². The lowest BCUT2D eigenvalue weighted by Gasteiger charge is -2.38. The number of methoxy groups -OCH3 is 2. The summed E-state index contributed by atoms with van der Waals surface area (Å²) in [6, 6.07) is -0.138. The molecule has 1 rings (SSSR count). The summed E-state index contributed by atoms with van der Waals surface area (Å²) in [6.07, 6.45) is 3.44. The maximum atomic E-state index is 12.1. The third kappa shape index (κ3) is 5.09. The number of ether oxygens (including phenoxy) is 2. The van der Waals surface area contributed by atoms with E-state index in [0.29, 0.717) is 19.6 Å². The summed E-state index contributed by atoms with van der Waals surface area (Å²) in [5.41, 5.74) is 0. The summed E-state index contributed by atoms with van der Waals surface area (Å²) in [5.74, 6) is -0.229. The van der Waals surface area contributed by atoms with Gasteiger partial charge >= 0.3 is 5.97 Å². The van der Waals surface area contributed by atoms with Crippen molar-refractivity contribution in [3.05, 3.63) is 0 Å². The van der Waals surface area contributed by atoms with Crippen LogP contribution in [0.4, 0.5) is 0 Å². The van der Waals surface area contributed by atoms with E-state index in [1.165, 1.54) is 7.11 Å². The van der Waals surface area contributed by atoms with Crippen LogP contribution in [0.3, 0.4) is 0 Å². The SMILES string of the molecule is COCCNC(=O)C(C)N1CCCCC1CC(=O)OC. The number of hydrogen-bond acceptors (Lipinski definition) is 5. The first kappa shape index (κ1) is 16.9. The van der Waals surface area contributed by atoms with Crippen molar-refractivity contribution in [1.29, 1.82) is 0 Å². The fourth-order valence-electron chi connectivity index (χ4n) is 2.60. The molecule has 0 saturated carbocycles. The second-order valence-electron chi connectivity index (χ2n) is 5.13. The van der Waals surface area contributed by atoms with Gasteiger partial charge in [0.2, 0.25) is 5.91 Å². The molecule has 116 valence electrons. The molecule has 0 spiro atoms. The van der Waals surface area contributed by atoms with Gasteiger partial charge in [-0.25, -0.2) is 0 Å². The van der Waals surface area contributed by atoms with Crippen LogP contribution in [0.15, 0.2) is 0 Å². The molecule has 1 aliphatic rings. The molecule has 0 aromatic rings. The zero-order valence-corrected chi connectivity index (χ0v) is 12.7. The van der Waals surface area contributed by atoms with Crippen molar-refractivity contribution in [2.45, 2.75) is 44.7 Å². The molecule has 1 fully saturated rings. The molecule has 0 aliphatic carbocycles. The average molecular weight is 286 g/mol. The highest BCUT2D eigenvalue weighted by molar-refractivity contribution is 5.81. The van der Waals surface area contributed by atoms with Crippen LogP contribution >= 0.6 is 0 Å². The van der Waals surface area contributed by atoms with Crippen LogP contribution < -0.4 is 5.32 Å². The van der Waals surface area contributed by atoms with Crippen LogP contribution in [-0.2, 0) is 19.1 Å². The molecule has 2 atom stereocenters. The number of amides is 1. The lowest BCUT2D eigenvalue weighted by Crippen LogP contribution is -2.52. The summed E-state index contributed by atoms with van der Waals surface area (Å²) < 4.78 is 9.65. The minimum Gasteiger partial charge on any atom is -0.469 e. The zero-order valence-electron chi connectivity index (χ0n) is 12.7. The molecule has 1 aliphatic heterocycles. The number of nitrogens with one attached hydrogen (secondary N) is 1. The van der Waals surface area contributed by atoms with Crippen molar-refractivity contribution in [2.75, 3.05) is 33.9 Å². The topological polar surface area (TPSA) is 67.9 Å². The van der Waals surface area contributed by atoms with Crippen LogP contribution in [-0.4, -0.2) is 62.8 Å². The summed E-state index contributed by atoms with van der Waals surface area (Å²) in [6.45, 7) is 3.75. The molecule has 0 bridgehead atoms. The molecule has 1 amide bonds. The molecule has 1 heterocycles. The number of carbonyl (C=O) groups is 2. The standard InChI is InChI=1S/C14H26N2O4/c1-11(14(18)15-7-9-19-2)16-8-5-4-6-12(16)10-13(17)20-3/h11-12H,4-10H2,1-3H3,(H,15,18). The van der Waals surface area contributed by atoms with Crippen LogP contribution in [0.5, 0.6) is 0 Å². The molecule has 2 unspecified atom stereocenters. The fraction of sp³-hybridized carbons (Fsp3) is 0.857. The second-order valence-corrected chi connectivity index (χ2v) is 5.13. The predicted molar refractivity (Wildman–Crippen MR) is 75.3 cm³/mol. The van der Waals surface area contributed by atoms with E-state index < -0.39 is 0 Å². The molecular weight excluding hydrogens is 260 g/mol. The van der Waals surface area contributed by atoms with Gasteiger partial charge in [-0.2, -0.15) is 0 Å². The van der Waals surface area contributed by atoms with Crippen LogP contribution in [0.25, 0.3) is 0 Å². The van der Waals surface area contributed by atoms with Gasteiger partial charge in [0.25, 0.3) is 0 Å². The van der Waals surface area contributed by atoms with Gasteiger partial charge in [0, 0.05) is 19.7 Å². The Morgan fingerprint density at radius 3 is 2.75 bits per heavy atom. The Labute approximate surface area is 120 Å². The van der Waals surface area contributed by atoms with Gasteiger partial charge in [-0.3, -0.25) is 14.5 Å². The quantitative estimate of drug-likeness (QED) is 0.547. The molecular formula is C14H26N2O4. The summed E-state index contributed by atoms with van der Waals surface area (Å²) in [4.78, 5) is 25.7. The smallest absolute Gasteiger partial charge is 0.307 e. The van der Waals surface area contributed by atoms with Crippen molar-refractivity contribution >= 4 is 11.9 Å². The molecule has 6 nitrogen and oxygen atoms in total. The number of piperidine rings is 1. The van der Waals surface area contributed by atoms with Crippen LogP contribution in [0.1, 0.15) is 32.6 Å². The summed E-state index contributed by atoms with van der Waals surface area (Å²) >= 11 is 0. The summed E-state index contributed by atoms with van der Waals surface area (Å²) in [5, 5.41) is 2.85. The number of likely N-dealkylation sites (tertiary alicyclic amines) is 1. The molecule has 20 heavy (non-hydrogen) atoms. The fourth-order valence-corrected chi connectivity index (χ4v) is 2.60. The molecule has 0 radical (unpaired) electrons. The van der Waals surface area contributed by atoms with Gasteiger partial charge in [-0.05, 0) is 26.3 Å². The van der Waals surface area contributed by atoms with Crippen LogP contribution in [0, 0.1) is 0 Å². The molecule has 0 aromatic heterocycles. The first-order valence-electron chi connectivity index (χ1n) is 7.19. The third-order valence-electron chi connectivity index (χ3n) is 3.78. The minimum absolute atomic E-state index is 0.0150. The predicted octanol–water partition coefficient (Wildman–Crippen LogP) is 0.555. The van der Waals surface area contributed by atoms with Gasteiger partial charge in [0.1, 0.15) is 0 Å². The first-order chi connectivity index (χ1) is 9.60. The highest BCUT2D eigenvalue weighted by Crippen LogP contribution is 2.22. The lowest BCUT2D eigenvalue weighted by molar-refractivity contribution is -0.143. The largest absolute Gasteiger partial charge is 0.469 e. The van der Waals surface area contributed by atoms with Crippen molar-refractivity contribution in [3.8, 4) is 0 Å². The van der Waals surface area contributed by atoms with E-state index in [1.54, 1.807) is 7.11 Å².